The second-order valence-electron chi connectivity index (χ2n) is 8.88. The van der Waals surface area contributed by atoms with Crippen LogP contribution in [0.5, 0.6) is 0 Å². The van der Waals surface area contributed by atoms with E-state index in [4.69, 9.17) is 11.6 Å². The Morgan fingerprint density at radius 1 is 1.13 bits per heavy atom. The summed E-state index contributed by atoms with van der Waals surface area (Å²) in [5.74, 6) is -0.543. The van der Waals surface area contributed by atoms with Crippen LogP contribution in [0.25, 0.3) is 0 Å². The molecule has 3 rings (SSSR count). The van der Waals surface area contributed by atoms with Crippen molar-refractivity contribution in [2.24, 2.45) is 5.41 Å². The SMILES string of the molecule is C=C(C)[C@@H](NC(=O)c1ccccc1)C(=O)N1CC[C@](O)(c2ccc(Cl)cc2)C(C)(C)C1. The van der Waals surface area contributed by atoms with Crippen molar-refractivity contribution in [1.29, 1.82) is 0 Å². The van der Waals surface area contributed by atoms with Crippen LogP contribution >= 0.6 is 11.6 Å². The van der Waals surface area contributed by atoms with E-state index in [1.54, 1.807) is 48.2 Å². The van der Waals surface area contributed by atoms with Crippen molar-refractivity contribution in [3.8, 4) is 0 Å². The van der Waals surface area contributed by atoms with Gasteiger partial charge in [0.25, 0.3) is 5.91 Å². The molecule has 1 saturated heterocycles. The summed E-state index contributed by atoms with van der Waals surface area (Å²) in [5, 5.41) is 15.0. The first kappa shape index (κ1) is 23.0. The number of amides is 2. The van der Waals surface area contributed by atoms with Gasteiger partial charge in [0.1, 0.15) is 6.04 Å². The summed E-state index contributed by atoms with van der Waals surface area (Å²) in [5.41, 5.74) is 0.115. The molecule has 1 heterocycles. The van der Waals surface area contributed by atoms with Gasteiger partial charge in [0.2, 0.25) is 5.91 Å². The monoisotopic (exact) mass is 440 g/mol. The maximum atomic E-state index is 13.3. The molecule has 2 aromatic carbocycles. The second-order valence-corrected chi connectivity index (χ2v) is 9.32. The quantitative estimate of drug-likeness (QED) is 0.686. The third-order valence-electron chi connectivity index (χ3n) is 6.13. The molecule has 0 spiro atoms. The molecule has 5 nitrogen and oxygen atoms in total. The average molecular weight is 441 g/mol. The number of hydrogen-bond acceptors (Lipinski definition) is 3. The number of benzene rings is 2. The lowest BCUT2D eigenvalue weighted by atomic mass is 9.66. The zero-order valence-electron chi connectivity index (χ0n) is 18.2. The van der Waals surface area contributed by atoms with Gasteiger partial charge in [-0.05, 0) is 48.7 Å². The Hall–Kier alpha value is -2.63. The number of halogens is 1. The predicted octanol–water partition coefficient (Wildman–Crippen LogP) is 4.16. The summed E-state index contributed by atoms with van der Waals surface area (Å²) in [4.78, 5) is 27.7. The zero-order valence-corrected chi connectivity index (χ0v) is 18.9. The maximum Gasteiger partial charge on any atom is 0.252 e. The van der Waals surface area contributed by atoms with Gasteiger partial charge < -0.3 is 15.3 Å². The van der Waals surface area contributed by atoms with Crippen LogP contribution in [0.2, 0.25) is 5.02 Å². The predicted molar refractivity (Wildman–Crippen MR) is 123 cm³/mol. The van der Waals surface area contributed by atoms with Gasteiger partial charge in [0.15, 0.2) is 0 Å². The van der Waals surface area contributed by atoms with Crippen molar-refractivity contribution in [3.05, 3.63) is 82.9 Å². The average Bonchev–Trinajstić information content (AvgIpc) is 2.74. The molecular weight excluding hydrogens is 412 g/mol. The molecule has 0 unspecified atom stereocenters. The summed E-state index contributed by atoms with van der Waals surface area (Å²) in [7, 11) is 0. The molecule has 2 atom stereocenters. The van der Waals surface area contributed by atoms with E-state index < -0.39 is 17.1 Å². The number of aliphatic hydroxyl groups is 1. The van der Waals surface area contributed by atoms with Gasteiger partial charge in [-0.15, -0.1) is 0 Å². The largest absolute Gasteiger partial charge is 0.384 e. The van der Waals surface area contributed by atoms with Crippen molar-refractivity contribution in [2.45, 2.75) is 38.8 Å². The van der Waals surface area contributed by atoms with Crippen LogP contribution in [-0.2, 0) is 10.4 Å². The minimum Gasteiger partial charge on any atom is -0.384 e. The number of likely N-dealkylation sites (tertiary alicyclic amines) is 1. The topological polar surface area (TPSA) is 69.6 Å². The zero-order chi connectivity index (χ0) is 22.8. The standard InChI is InChI=1S/C25H29ClN2O3/c1-17(2)21(27-22(29)18-8-6-5-7-9-18)23(30)28-15-14-25(31,24(3,4)16-28)19-10-12-20(26)13-11-19/h5-13,21,31H,1,14-16H2,2-4H3,(H,27,29)/t21-,25+/m1/s1. The molecular formula is C25H29ClN2O3. The summed E-state index contributed by atoms with van der Waals surface area (Å²) >= 11 is 6.00. The molecule has 2 amide bonds. The number of hydrogen-bond donors (Lipinski definition) is 2. The smallest absolute Gasteiger partial charge is 0.252 e. The number of piperidine rings is 1. The van der Waals surface area contributed by atoms with Gasteiger partial charge in [0.05, 0.1) is 5.60 Å². The molecule has 0 saturated carbocycles. The van der Waals surface area contributed by atoms with Crippen LogP contribution < -0.4 is 5.32 Å². The summed E-state index contributed by atoms with van der Waals surface area (Å²) in [6.07, 6.45) is 0.378. The van der Waals surface area contributed by atoms with Gasteiger partial charge in [-0.2, -0.15) is 0 Å². The molecule has 6 heteroatoms. The van der Waals surface area contributed by atoms with E-state index in [9.17, 15) is 14.7 Å². The van der Waals surface area contributed by atoms with E-state index in [0.717, 1.165) is 5.56 Å². The first-order valence-corrected chi connectivity index (χ1v) is 10.7. The van der Waals surface area contributed by atoms with Gasteiger partial charge in [-0.3, -0.25) is 9.59 Å². The second kappa shape index (κ2) is 8.85. The Bertz CT molecular complexity index is 972. The fourth-order valence-corrected chi connectivity index (χ4v) is 4.28. The first-order valence-electron chi connectivity index (χ1n) is 10.3. The van der Waals surface area contributed by atoms with Gasteiger partial charge in [-0.25, -0.2) is 0 Å². The van der Waals surface area contributed by atoms with E-state index in [0.29, 0.717) is 35.7 Å². The van der Waals surface area contributed by atoms with Crippen LogP contribution in [0, 0.1) is 5.41 Å². The number of nitrogens with zero attached hydrogens (tertiary/aromatic N) is 1. The number of rotatable bonds is 5. The molecule has 1 aliphatic heterocycles. The lowest BCUT2D eigenvalue weighted by Crippen LogP contribution is -2.59. The Morgan fingerprint density at radius 3 is 2.29 bits per heavy atom. The maximum absolute atomic E-state index is 13.3. The van der Waals surface area contributed by atoms with E-state index in [1.807, 2.05) is 32.0 Å². The van der Waals surface area contributed by atoms with Gasteiger partial charge >= 0.3 is 0 Å². The van der Waals surface area contributed by atoms with Crippen LogP contribution in [0.15, 0.2) is 66.7 Å². The van der Waals surface area contributed by atoms with Crippen LogP contribution in [0.3, 0.4) is 0 Å². The highest BCUT2D eigenvalue weighted by Gasteiger charge is 2.50. The highest BCUT2D eigenvalue weighted by atomic mass is 35.5. The lowest BCUT2D eigenvalue weighted by Gasteiger charge is -2.51. The molecule has 0 aromatic heterocycles. The molecule has 0 bridgehead atoms. The van der Waals surface area contributed by atoms with E-state index in [1.165, 1.54) is 0 Å². The van der Waals surface area contributed by atoms with Crippen LogP contribution in [-0.4, -0.2) is 41.0 Å². The lowest BCUT2D eigenvalue weighted by molar-refractivity contribution is -0.154. The molecule has 164 valence electrons. The number of carbonyl (C=O) groups excluding carboxylic acids is 2. The molecule has 0 radical (unpaired) electrons. The fourth-order valence-electron chi connectivity index (χ4n) is 4.15. The highest BCUT2D eigenvalue weighted by molar-refractivity contribution is 6.30. The van der Waals surface area contributed by atoms with Crippen LogP contribution in [0.4, 0.5) is 0 Å². The van der Waals surface area contributed by atoms with E-state index >= 15 is 0 Å². The van der Waals surface area contributed by atoms with Crippen molar-refractivity contribution in [1.82, 2.24) is 10.2 Å². The summed E-state index contributed by atoms with van der Waals surface area (Å²) in [6, 6.07) is 15.1. The van der Waals surface area contributed by atoms with Crippen molar-refractivity contribution >= 4 is 23.4 Å². The fraction of sp³-hybridized carbons (Fsp3) is 0.360. The molecule has 0 aliphatic carbocycles. The van der Waals surface area contributed by atoms with Crippen molar-refractivity contribution < 1.29 is 14.7 Å². The van der Waals surface area contributed by atoms with Gasteiger partial charge in [-0.1, -0.05) is 62.4 Å². The minimum atomic E-state index is -1.10. The summed E-state index contributed by atoms with van der Waals surface area (Å²) < 4.78 is 0. The third kappa shape index (κ3) is 4.68. The Labute approximate surface area is 188 Å². The highest BCUT2D eigenvalue weighted by Crippen LogP contribution is 2.46. The van der Waals surface area contributed by atoms with Crippen molar-refractivity contribution in [3.63, 3.8) is 0 Å². The molecule has 1 aliphatic rings. The Balaban J connectivity index is 1.78. The van der Waals surface area contributed by atoms with Crippen LogP contribution in [0.1, 0.15) is 43.1 Å². The minimum absolute atomic E-state index is 0.219. The Morgan fingerprint density at radius 2 is 1.74 bits per heavy atom. The number of carbonyl (C=O) groups is 2. The molecule has 2 aromatic rings. The van der Waals surface area contributed by atoms with Crippen molar-refractivity contribution in [2.75, 3.05) is 13.1 Å². The molecule has 31 heavy (non-hydrogen) atoms. The Kier molecular flexibility index (Phi) is 6.58. The first-order chi connectivity index (χ1) is 14.5. The third-order valence-corrected chi connectivity index (χ3v) is 6.39. The van der Waals surface area contributed by atoms with E-state index in [-0.39, 0.29) is 11.8 Å². The molecule has 1 fully saturated rings. The summed E-state index contributed by atoms with van der Waals surface area (Å²) in [6.45, 7) is 10.2. The van der Waals surface area contributed by atoms with Gasteiger partial charge in [0, 0.05) is 29.1 Å². The van der Waals surface area contributed by atoms with E-state index in [2.05, 4.69) is 11.9 Å². The number of nitrogens with one attached hydrogen (secondary N) is 1. The molecule has 2 N–H and O–H groups in total. The normalized spacial score (nSPS) is 21.3.